The quantitative estimate of drug-likeness (QED) is 0.666. The van der Waals surface area contributed by atoms with Crippen molar-refractivity contribution in [1.82, 2.24) is 9.97 Å². The van der Waals surface area contributed by atoms with E-state index in [0.29, 0.717) is 11.3 Å². The van der Waals surface area contributed by atoms with Gasteiger partial charge in [-0.15, -0.1) is 0 Å². The van der Waals surface area contributed by atoms with Gasteiger partial charge in [0.2, 0.25) is 5.95 Å². The number of nitrogens with zero attached hydrogens (tertiary/aromatic N) is 2. The molecule has 0 aliphatic rings. The zero-order valence-electron chi connectivity index (χ0n) is 14.2. The lowest BCUT2D eigenvalue weighted by Crippen LogP contribution is -2.13. The van der Waals surface area contributed by atoms with Gasteiger partial charge in [-0.2, -0.15) is 0 Å². The lowest BCUT2D eigenvalue weighted by Gasteiger charge is -2.07. The number of benzene rings is 2. The molecule has 0 unspecified atom stereocenters. The van der Waals surface area contributed by atoms with Crippen LogP contribution in [0.5, 0.6) is 0 Å². The molecule has 0 saturated heterocycles. The maximum atomic E-state index is 13.2. The van der Waals surface area contributed by atoms with Crippen LogP contribution in [-0.4, -0.2) is 21.7 Å². The Kier molecular flexibility index (Phi) is 5.16. The lowest BCUT2D eigenvalue weighted by atomic mass is 10.1. The highest BCUT2D eigenvalue weighted by Crippen LogP contribution is 2.17. The zero-order valence-corrected chi connectivity index (χ0v) is 14.2. The van der Waals surface area contributed by atoms with E-state index in [1.54, 1.807) is 24.3 Å². The van der Waals surface area contributed by atoms with Gasteiger partial charge in [-0.05, 0) is 43.3 Å². The van der Waals surface area contributed by atoms with Crippen LogP contribution in [0.4, 0.5) is 26.1 Å². The molecule has 1 amide bonds. The fraction of sp³-hybridized carbons (Fsp3) is 0.0526. The Labute approximate surface area is 153 Å². The number of amides is 1. The van der Waals surface area contributed by atoms with Crippen molar-refractivity contribution in [3.63, 3.8) is 0 Å². The number of anilines is 3. The Morgan fingerprint density at radius 3 is 2.07 bits per heavy atom. The van der Waals surface area contributed by atoms with Crippen LogP contribution in [0.15, 0.2) is 54.9 Å². The molecule has 0 bridgehead atoms. The summed E-state index contributed by atoms with van der Waals surface area (Å²) in [4.78, 5) is 31.4. The number of nitrogens with one attached hydrogen (secondary N) is 2. The third-order valence-electron chi connectivity index (χ3n) is 3.64. The summed E-state index contributed by atoms with van der Waals surface area (Å²) in [6, 6.07) is 9.77. The van der Waals surface area contributed by atoms with E-state index in [1.165, 1.54) is 25.4 Å². The summed E-state index contributed by atoms with van der Waals surface area (Å²) in [6.45, 7) is 1.46. The molecule has 136 valence electrons. The molecular formula is C19H14F2N4O2. The molecule has 27 heavy (non-hydrogen) atoms. The van der Waals surface area contributed by atoms with Crippen molar-refractivity contribution in [2.75, 3.05) is 10.6 Å². The Bertz CT molecular complexity index is 990. The van der Waals surface area contributed by atoms with Crippen molar-refractivity contribution in [3.05, 3.63) is 77.6 Å². The van der Waals surface area contributed by atoms with E-state index in [9.17, 15) is 18.4 Å². The third kappa shape index (κ3) is 4.49. The lowest BCUT2D eigenvalue weighted by molar-refractivity contribution is 0.101. The van der Waals surface area contributed by atoms with Crippen molar-refractivity contribution in [2.45, 2.75) is 6.92 Å². The Morgan fingerprint density at radius 1 is 0.852 bits per heavy atom. The van der Waals surface area contributed by atoms with Gasteiger partial charge >= 0.3 is 0 Å². The van der Waals surface area contributed by atoms with Gasteiger partial charge < -0.3 is 10.6 Å². The summed E-state index contributed by atoms with van der Waals surface area (Å²) in [5.74, 6) is -2.31. The van der Waals surface area contributed by atoms with Gasteiger partial charge in [-0.1, -0.05) is 0 Å². The van der Waals surface area contributed by atoms with E-state index in [0.717, 1.165) is 12.1 Å². The molecule has 0 fully saturated rings. The number of ketones is 1. The molecule has 3 rings (SSSR count). The van der Waals surface area contributed by atoms with Gasteiger partial charge in [0.15, 0.2) is 17.4 Å². The number of halogens is 2. The maximum absolute atomic E-state index is 13.2. The second kappa shape index (κ2) is 7.69. The minimum absolute atomic E-state index is 0.0644. The fourth-order valence-electron chi connectivity index (χ4n) is 2.20. The molecule has 8 heteroatoms. The van der Waals surface area contributed by atoms with E-state index in [4.69, 9.17) is 0 Å². The van der Waals surface area contributed by atoms with Crippen molar-refractivity contribution < 1.29 is 18.4 Å². The van der Waals surface area contributed by atoms with Crippen LogP contribution >= 0.6 is 0 Å². The molecule has 1 aromatic heterocycles. The number of hydrogen-bond acceptors (Lipinski definition) is 5. The van der Waals surface area contributed by atoms with Crippen LogP contribution in [0, 0.1) is 11.6 Å². The average molecular weight is 368 g/mol. The molecule has 2 aromatic carbocycles. The second-order valence-electron chi connectivity index (χ2n) is 5.64. The molecule has 6 nitrogen and oxygen atoms in total. The molecule has 0 saturated carbocycles. The molecule has 2 N–H and O–H groups in total. The minimum atomic E-state index is -0.994. The predicted octanol–water partition coefficient (Wildman–Crippen LogP) is 3.95. The Balaban J connectivity index is 1.66. The Hall–Kier alpha value is -3.68. The highest BCUT2D eigenvalue weighted by atomic mass is 19.2. The normalized spacial score (nSPS) is 10.3. The van der Waals surface area contributed by atoms with Crippen LogP contribution in [-0.2, 0) is 0 Å². The molecule has 0 spiro atoms. The first-order valence-corrected chi connectivity index (χ1v) is 7.89. The van der Waals surface area contributed by atoms with Crippen molar-refractivity contribution in [2.24, 2.45) is 0 Å². The van der Waals surface area contributed by atoms with Crippen LogP contribution in [0.1, 0.15) is 27.6 Å². The highest BCUT2D eigenvalue weighted by molar-refractivity contribution is 6.04. The monoisotopic (exact) mass is 368 g/mol. The van der Waals surface area contributed by atoms with E-state index in [1.807, 2.05) is 0 Å². The van der Waals surface area contributed by atoms with Crippen LogP contribution in [0.25, 0.3) is 0 Å². The fourth-order valence-corrected chi connectivity index (χ4v) is 2.20. The second-order valence-corrected chi connectivity index (χ2v) is 5.64. The van der Waals surface area contributed by atoms with Gasteiger partial charge in [0.25, 0.3) is 5.91 Å². The summed E-state index contributed by atoms with van der Waals surface area (Å²) < 4.78 is 26.1. The van der Waals surface area contributed by atoms with Gasteiger partial charge in [0.1, 0.15) is 0 Å². The zero-order chi connectivity index (χ0) is 19.4. The molecule has 0 aliphatic carbocycles. The van der Waals surface area contributed by atoms with Gasteiger partial charge in [0.05, 0.1) is 5.56 Å². The summed E-state index contributed by atoms with van der Waals surface area (Å²) in [5, 5.41) is 5.38. The average Bonchev–Trinajstić information content (AvgIpc) is 2.66. The molecule has 1 heterocycles. The molecular weight excluding hydrogens is 354 g/mol. The van der Waals surface area contributed by atoms with Crippen LogP contribution in [0.2, 0.25) is 0 Å². The first-order valence-electron chi connectivity index (χ1n) is 7.89. The van der Waals surface area contributed by atoms with Gasteiger partial charge in [-0.3, -0.25) is 9.59 Å². The summed E-state index contributed by atoms with van der Waals surface area (Å²) >= 11 is 0. The van der Waals surface area contributed by atoms with Crippen molar-refractivity contribution in [1.29, 1.82) is 0 Å². The number of aromatic nitrogens is 2. The van der Waals surface area contributed by atoms with E-state index in [2.05, 4.69) is 20.6 Å². The highest BCUT2D eigenvalue weighted by Gasteiger charge is 2.09. The topological polar surface area (TPSA) is 84.0 Å². The van der Waals surface area contributed by atoms with Crippen molar-refractivity contribution in [3.8, 4) is 0 Å². The number of rotatable bonds is 5. The third-order valence-corrected chi connectivity index (χ3v) is 3.64. The minimum Gasteiger partial charge on any atom is -0.324 e. The van der Waals surface area contributed by atoms with E-state index in [-0.39, 0.29) is 23.0 Å². The molecule has 0 aliphatic heterocycles. The van der Waals surface area contributed by atoms with Gasteiger partial charge in [-0.25, -0.2) is 18.7 Å². The number of carbonyl (C=O) groups is 2. The summed E-state index contributed by atoms with van der Waals surface area (Å²) in [5.41, 5.74) is 1.55. The predicted molar refractivity (Wildman–Crippen MR) is 96.1 cm³/mol. The van der Waals surface area contributed by atoms with Crippen LogP contribution in [0.3, 0.4) is 0 Å². The molecule has 3 aromatic rings. The number of Topliss-reactive ketones (excluding diaryl/α,β-unsaturated/α-hetero) is 1. The first-order chi connectivity index (χ1) is 12.9. The summed E-state index contributed by atoms with van der Waals surface area (Å²) in [7, 11) is 0. The maximum Gasteiger partial charge on any atom is 0.258 e. The largest absolute Gasteiger partial charge is 0.324 e. The smallest absolute Gasteiger partial charge is 0.258 e. The van der Waals surface area contributed by atoms with Gasteiger partial charge in [0, 0.05) is 35.4 Å². The number of hydrogen-bond donors (Lipinski definition) is 2. The van der Waals surface area contributed by atoms with Crippen molar-refractivity contribution >= 4 is 29.0 Å². The molecule has 0 radical (unpaired) electrons. The molecule has 0 atom stereocenters. The van der Waals surface area contributed by atoms with Crippen LogP contribution < -0.4 is 10.6 Å². The van der Waals surface area contributed by atoms with E-state index < -0.39 is 17.5 Å². The Morgan fingerprint density at radius 2 is 1.48 bits per heavy atom. The SMILES string of the molecule is CC(=O)c1ccc(NC(=O)c2cnc(Nc3ccc(F)c(F)c3)nc2)cc1. The first kappa shape index (κ1) is 18.1. The van der Waals surface area contributed by atoms with E-state index >= 15 is 0 Å². The summed E-state index contributed by atoms with van der Waals surface area (Å²) in [6.07, 6.45) is 2.60. The number of carbonyl (C=O) groups excluding carboxylic acids is 2. The standard InChI is InChI=1S/C19H14F2N4O2/c1-11(26)12-2-4-14(5-3-12)24-18(27)13-9-22-19(23-10-13)25-15-6-7-16(20)17(21)8-15/h2-10H,1H3,(H,24,27)(H,22,23,25).